The molecule has 11 heteroatoms. The van der Waals surface area contributed by atoms with Crippen molar-refractivity contribution in [3.05, 3.63) is 70.3 Å². The van der Waals surface area contributed by atoms with E-state index in [-0.39, 0.29) is 50.7 Å². The van der Waals surface area contributed by atoms with Crippen LogP contribution in [-0.2, 0) is 34.5 Å². The van der Waals surface area contributed by atoms with E-state index in [1.54, 1.807) is 11.0 Å². The molecule has 3 heterocycles. The van der Waals surface area contributed by atoms with Crippen molar-refractivity contribution in [2.45, 2.75) is 56.3 Å². The molecule has 3 unspecified atom stereocenters. The van der Waals surface area contributed by atoms with Crippen LogP contribution in [0.4, 0.5) is 17.6 Å². The van der Waals surface area contributed by atoms with Crippen molar-refractivity contribution >= 4 is 17.7 Å². The van der Waals surface area contributed by atoms with Gasteiger partial charge in [-0.25, -0.2) is 4.39 Å². The Morgan fingerprint density at radius 3 is 2.46 bits per heavy atom. The summed E-state index contributed by atoms with van der Waals surface area (Å²) in [4.78, 5) is 39.7. The number of hydrogen-bond acceptors (Lipinski definition) is 5. The number of amides is 3. The number of likely N-dealkylation sites (tertiary alicyclic amines) is 1. The maximum Gasteiger partial charge on any atom is 0.416 e. The first kappa shape index (κ1) is 25.3. The highest BCUT2D eigenvalue weighted by Gasteiger charge is 2.45. The van der Waals surface area contributed by atoms with E-state index < -0.39 is 35.5 Å². The molecule has 0 aliphatic carbocycles. The molecular weight excluding hydrogens is 494 g/mol. The topological polar surface area (TPSA) is 90.0 Å². The second kappa shape index (κ2) is 9.21. The molecule has 2 N–H and O–H groups in total. The van der Waals surface area contributed by atoms with Crippen LogP contribution in [0.2, 0.25) is 0 Å². The number of rotatable bonds is 4. The average molecular weight is 519 g/mol. The number of imide groups is 1. The van der Waals surface area contributed by atoms with Crippen molar-refractivity contribution in [3.63, 3.8) is 0 Å². The number of hydrogen-bond donors (Lipinski definition) is 2. The molecule has 0 bridgehead atoms. The predicted molar refractivity (Wildman–Crippen MR) is 123 cm³/mol. The van der Waals surface area contributed by atoms with Crippen molar-refractivity contribution in [1.82, 2.24) is 15.1 Å². The first-order valence-electron chi connectivity index (χ1n) is 12.0. The fraction of sp³-hybridized carbons (Fsp3) is 0.423. The molecule has 3 aliphatic rings. The number of nitrogens with one attached hydrogen (secondary N) is 1. The van der Waals surface area contributed by atoms with Crippen LogP contribution in [0.1, 0.15) is 51.9 Å². The molecule has 3 aliphatic heterocycles. The fourth-order valence-electron chi connectivity index (χ4n) is 5.32. The second-order valence-electron chi connectivity index (χ2n) is 9.84. The van der Waals surface area contributed by atoms with E-state index in [1.807, 2.05) is 0 Å². The lowest BCUT2D eigenvalue weighted by molar-refractivity contribution is -0.138. The number of benzene rings is 2. The van der Waals surface area contributed by atoms with Gasteiger partial charge in [0.2, 0.25) is 11.8 Å². The third-order valence-corrected chi connectivity index (χ3v) is 7.46. The zero-order valence-corrected chi connectivity index (χ0v) is 19.7. The highest BCUT2D eigenvalue weighted by atomic mass is 19.4. The molecule has 2 saturated heterocycles. The minimum atomic E-state index is -4.43. The van der Waals surface area contributed by atoms with Gasteiger partial charge in [-0.2, -0.15) is 13.2 Å². The Morgan fingerprint density at radius 2 is 1.81 bits per heavy atom. The molecule has 0 radical (unpaired) electrons. The highest BCUT2D eigenvalue weighted by molar-refractivity contribution is 6.05. The number of alkyl halides is 4. The molecule has 2 aromatic carbocycles. The zero-order chi connectivity index (χ0) is 26.5. The molecular formula is C26H25F4N3O4. The third-order valence-electron chi connectivity index (χ3n) is 7.46. The van der Waals surface area contributed by atoms with E-state index in [0.717, 1.165) is 12.1 Å². The van der Waals surface area contributed by atoms with Gasteiger partial charge in [-0.05, 0) is 47.7 Å². The summed E-state index contributed by atoms with van der Waals surface area (Å²) in [5.74, 6) is -1.26. The van der Waals surface area contributed by atoms with Gasteiger partial charge in [0.05, 0.1) is 5.56 Å². The van der Waals surface area contributed by atoms with E-state index in [4.69, 9.17) is 0 Å². The number of halogens is 4. The summed E-state index contributed by atoms with van der Waals surface area (Å²) in [6.45, 7) is 0.557. The Bertz CT molecular complexity index is 1250. The van der Waals surface area contributed by atoms with Crippen LogP contribution < -0.4 is 5.32 Å². The SMILES string of the molecule is O=C1CCC(N2Cc3cc(C4(O)CCN(Cc5ccc(C(F)(F)F)cc5)CC4F)ccc3C2=O)C(=O)N1. The van der Waals surface area contributed by atoms with Gasteiger partial charge in [-0.1, -0.05) is 24.3 Å². The van der Waals surface area contributed by atoms with Gasteiger partial charge in [0, 0.05) is 38.2 Å². The zero-order valence-electron chi connectivity index (χ0n) is 19.7. The van der Waals surface area contributed by atoms with Crippen LogP contribution >= 0.6 is 0 Å². The van der Waals surface area contributed by atoms with Gasteiger partial charge in [0.15, 0.2) is 0 Å². The summed E-state index contributed by atoms with van der Waals surface area (Å²) in [7, 11) is 0. The average Bonchev–Trinajstić information content (AvgIpc) is 3.17. The monoisotopic (exact) mass is 519 g/mol. The number of nitrogens with zero attached hydrogens (tertiary/aromatic N) is 2. The van der Waals surface area contributed by atoms with E-state index in [9.17, 15) is 32.7 Å². The first-order valence-corrected chi connectivity index (χ1v) is 12.0. The Morgan fingerprint density at radius 1 is 1.08 bits per heavy atom. The fourth-order valence-corrected chi connectivity index (χ4v) is 5.32. The van der Waals surface area contributed by atoms with Crippen LogP contribution in [-0.4, -0.2) is 57.9 Å². The standard InChI is InChI=1S/C26H25F4N3O4/c27-21-14-32(12-15-1-3-17(4-2-15)26(28,29)30)10-9-25(21,37)18-5-6-19-16(11-18)13-33(24(19)36)20-7-8-22(34)31-23(20)35/h1-6,11,20-21,37H,7-10,12-14H2,(H,31,34,35). The molecule has 7 nitrogen and oxygen atoms in total. The molecule has 37 heavy (non-hydrogen) atoms. The Balaban J connectivity index is 1.27. The second-order valence-corrected chi connectivity index (χ2v) is 9.84. The van der Waals surface area contributed by atoms with E-state index in [0.29, 0.717) is 28.8 Å². The Kier molecular flexibility index (Phi) is 6.31. The quantitative estimate of drug-likeness (QED) is 0.479. The van der Waals surface area contributed by atoms with Crippen LogP contribution in [0.15, 0.2) is 42.5 Å². The van der Waals surface area contributed by atoms with Crippen LogP contribution in [0, 0.1) is 0 Å². The van der Waals surface area contributed by atoms with Gasteiger partial charge in [-0.3, -0.25) is 24.6 Å². The normalized spacial score (nSPS) is 26.8. The van der Waals surface area contributed by atoms with Gasteiger partial charge in [0.1, 0.15) is 17.8 Å². The van der Waals surface area contributed by atoms with Crippen molar-refractivity contribution in [2.24, 2.45) is 0 Å². The van der Waals surface area contributed by atoms with E-state index in [2.05, 4.69) is 5.32 Å². The molecule has 0 saturated carbocycles. The molecule has 3 atom stereocenters. The van der Waals surface area contributed by atoms with Gasteiger partial charge in [-0.15, -0.1) is 0 Å². The maximum atomic E-state index is 15.4. The molecule has 196 valence electrons. The van der Waals surface area contributed by atoms with Crippen molar-refractivity contribution in [1.29, 1.82) is 0 Å². The molecule has 0 aromatic heterocycles. The molecule has 2 fully saturated rings. The molecule has 3 amide bonds. The Hall–Kier alpha value is -3.31. The summed E-state index contributed by atoms with van der Waals surface area (Å²) < 4.78 is 53.7. The van der Waals surface area contributed by atoms with Crippen molar-refractivity contribution in [3.8, 4) is 0 Å². The Labute approximate surface area is 210 Å². The van der Waals surface area contributed by atoms with Gasteiger partial charge < -0.3 is 10.0 Å². The number of piperidine rings is 2. The van der Waals surface area contributed by atoms with Crippen LogP contribution in [0.5, 0.6) is 0 Å². The van der Waals surface area contributed by atoms with Gasteiger partial charge in [0.25, 0.3) is 5.91 Å². The summed E-state index contributed by atoms with van der Waals surface area (Å²) in [6.07, 6.45) is -5.68. The number of fused-ring (bicyclic) bond motifs is 1. The van der Waals surface area contributed by atoms with Crippen molar-refractivity contribution < 1.29 is 37.1 Å². The molecule has 0 spiro atoms. The number of carbonyl (C=O) groups excluding carboxylic acids is 3. The summed E-state index contributed by atoms with van der Waals surface area (Å²) in [6, 6.07) is 8.58. The van der Waals surface area contributed by atoms with Crippen LogP contribution in [0.25, 0.3) is 0 Å². The summed E-state index contributed by atoms with van der Waals surface area (Å²) >= 11 is 0. The molecule has 2 aromatic rings. The highest BCUT2D eigenvalue weighted by Crippen LogP contribution is 2.38. The minimum Gasteiger partial charge on any atom is -0.382 e. The number of aliphatic hydroxyl groups is 1. The predicted octanol–water partition coefficient (Wildman–Crippen LogP) is 2.90. The third kappa shape index (κ3) is 4.73. The van der Waals surface area contributed by atoms with E-state index >= 15 is 4.39 Å². The first-order chi connectivity index (χ1) is 17.5. The lowest BCUT2D eigenvalue weighted by atomic mass is 9.82. The van der Waals surface area contributed by atoms with Crippen molar-refractivity contribution in [2.75, 3.05) is 13.1 Å². The summed E-state index contributed by atoms with van der Waals surface area (Å²) in [5.41, 5.74) is -0.677. The minimum absolute atomic E-state index is 0.0540. The lowest BCUT2D eigenvalue weighted by Gasteiger charge is -2.41. The smallest absolute Gasteiger partial charge is 0.382 e. The number of carbonyl (C=O) groups is 3. The molecule has 5 rings (SSSR count). The lowest BCUT2D eigenvalue weighted by Crippen LogP contribution is -2.52. The van der Waals surface area contributed by atoms with Crippen LogP contribution in [0.3, 0.4) is 0 Å². The summed E-state index contributed by atoms with van der Waals surface area (Å²) in [5, 5.41) is 13.5. The van der Waals surface area contributed by atoms with E-state index in [1.165, 1.54) is 29.2 Å². The largest absolute Gasteiger partial charge is 0.416 e. The van der Waals surface area contributed by atoms with Gasteiger partial charge >= 0.3 is 6.18 Å². The maximum absolute atomic E-state index is 15.4.